The summed E-state index contributed by atoms with van der Waals surface area (Å²) in [6, 6.07) is 8.99. The standard InChI is InChI=1S/C21H20ClF3N2O3/c22-17-10-19-18(29-13-30-19)9-15(17)12-27-8-7-26(6-5-20(27)28)11-14-3-1-2-4-16(14)21(23,24)25/h1-4,9-10H,5-8,11-13H2. The third-order valence-electron chi connectivity index (χ3n) is 5.30. The minimum Gasteiger partial charge on any atom is -0.454 e. The average Bonchev–Trinajstić information content (AvgIpc) is 3.07. The summed E-state index contributed by atoms with van der Waals surface area (Å²) < 4.78 is 50.5. The van der Waals surface area contributed by atoms with Crippen LogP contribution >= 0.6 is 11.6 Å². The van der Waals surface area contributed by atoms with Crippen LogP contribution in [0.3, 0.4) is 0 Å². The van der Waals surface area contributed by atoms with Crippen molar-refractivity contribution in [3.63, 3.8) is 0 Å². The predicted octanol–water partition coefficient (Wildman–Crippen LogP) is 4.32. The van der Waals surface area contributed by atoms with Crippen molar-refractivity contribution in [2.45, 2.75) is 25.7 Å². The van der Waals surface area contributed by atoms with Crippen molar-refractivity contribution >= 4 is 17.5 Å². The summed E-state index contributed by atoms with van der Waals surface area (Å²) in [4.78, 5) is 16.2. The molecular formula is C21H20ClF3N2O3. The molecule has 0 unspecified atom stereocenters. The molecule has 1 saturated heterocycles. The van der Waals surface area contributed by atoms with Gasteiger partial charge in [-0.25, -0.2) is 0 Å². The van der Waals surface area contributed by atoms with Crippen LogP contribution in [-0.2, 0) is 24.1 Å². The van der Waals surface area contributed by atoms with E-state index in [2.05, 4.69) is 0 Å². The van der Waals surface area contributed by atoms with Crippen molar-refractivity contribution in [1.29, 1.82) is 0 Å². The zero-order valence-electron chi connectivity index (χ0n) is 16.0. The molecule has 30 heavy (non-hydrogen) atoms. The Labute approximate surface area is 176 Å². The number of benzene rings is 2. The minimum absolute atomic E-state index is 0.0599. The van der Waals surface area contributed by atoms with Gasteiger partial charge in [0, 0.05) is 50.2 Å². The summed E-state index contributed by atoms with van der Waals surface area (Å²) in [5, 5.41) is 0.479. The summed E-state index contributed by atoms with van der Waals surface area (Å²) in [5.41, 5.74) is 0.319. The molecule has 0 aromatic heterocycles. The van der Waals surface area contributed by atoms with E-state index >= 15 is 0 Å². The van der Waals surface area contributed by atoms with Crippen LogP contribution in [0.4, 0.5) is 13.2 Å². The van der Waals surface area contributed by atoms with E-state index in [1.54, 1.807) is 23.1 Å². The van der Waals surface area contributed by atoms with Crippen LogP contribution in [0, 0.1) is 0 Å². The van der Waals surface area contributed by atoms with E-state index in [0.29, 0.717) is 42.7 Å². The second-order valence-corrected chi connectivity index (χ2v) is 7.70. The number of hydrogen-bond acceptors (Lipinski definition) is 4. The van der Waals surface area contributed by atoms with Crippen LogP contribution in [0.1, 0.15) is 23.1 Å². The highest BCUT2D eigenvalue weighted by atomic mass is 35.5. The van der Waals surface area contributed by atoms with Gasteiger partial charge < -0.3 is 14.4 Å². The maximum absolute atomic E-state index is 13.3. The number of carbonyl (C=O) groups excluding carboxylic acids is 1. The molecule has 0 atom stereocenters. The Bertz CT molecular complexity index is 952. The number of nitrogens with zero attached hydrogens (tertiary/aromatic N) is 2. The second kappa shape index (κ2) is 8.35. The summed E-state index contributed by atoms with van der Waals surface area (Å²) in [7, 11) is 0. The lowest BCUT2D eigenvalue weighted by Crippen LogP contribution is -2.33. The van der Waals surface area contributed by atoms with Crippen molar-refractivity contribution in [2.75, 3.05) is 26.4 Å². The highest BCUT2D eigenvalue weighted by Crippen LogP contribution is 2.37. The van der Waals surface area contributed by atoms with Gasteiger partial charge in [-0.2, -0.15) is 13.2 Å². The monoisotopic (exact) mass is 440 g/mol. The lowest BCUT2D eigenvalue weighted by atomic mass is 10.1. The van der Waals surface area contributed by atoms with Gasteiger partial charge in [-0.05, 0) is 23.3 Å². The summed E-state index contributed by atoms with van der Waals surface area (Å²) in [6.07, 6.45) is -4.17. The second-order valence-electron chi connectivity index (χ2n) is 7.29. The molecule has 0 saturated carbocycles. The van der Waals surface area contributed by atoms with Crippen molar-refractivity contribution in [3.05, 3.63) is 58.1 Å². The van der Waals surface area contributed by atoms with Gasteiger partial charge in [-0.3, -0.25) is 9.69 Å². The highest BCUT2D eigenvalue weighted by Gasteiger charge is 2.33. The Balaban J connectivity index is 1.44. The van der Waals surface area contributed by atoms with Crippen LogP contribution < -0.4 is 9.47 Å². The molecule has 9 heteroatoms. The number of carbonyl (C=O) groups is 1. The number of amides is 1. The molecule has 2 aromatic carbocycles. The first-order valence-electron chi connectivity index (χ1n) is 9.54. The molecule has 1 amide bonds. The quantitative estimate of drug-likeness (QED) is 0.710. The maximum Gasteiger partial charge on any atom is 0.416 e. The maximum atomic E-state index is 13.3. The number of halogens is 4. The van der Waals surface area contributed by atoms with Gasteiger partial charge >= 0.3 is 6.18 Å². The molecule has 2 aromatic rings. The zero-order valence-corrected chi connectivity index (χ0v) is 16.8. The smallest absolute Gasteiger partial charge is 0.416 e. The molecule has 2 aliphatic heterocycles. The van der Waals surface area contributed by atoms with E-state index in [4.69, 9.17) is 21.1 Å². The fourth-order valence-electron chi connectivity index (χ4n) is 3.70. The van der Waals surface area contributed by atoms with Gasteiger partial charge in [0.15, 0.2) is 11.5 Å². The molecule has 0 spiro atoms. The van der Waals surface area contributed by atoms with E-state index in [1.807, 2.05) is 4.90 Å². The molecule has 1 fully saturated rings. The number of hydrogen-bond donors (Lipinski definition) is 0. The number of alkyl halides is 3. The molecule has 0 aliphatic carbocycles. The molecule has 0 bridgehead atoms. The van der Waals surface area contributed by atoms with Crippen LogP contribution in [0.2, 0.25) is 5.02 Å². The first-order chi connectivity index (χ1) is 14.3. The Morgan fingerprint density at radius 1 is 0.967 bits per heavy atom. The molecule has 0 radical (unpaired) electrons. The number of ether oxygens (including phenoxy) is 2. The zero-order chi connectivity index (χ0) is 21.3. The van der Waals surface area contributed by atoms with Gasteiger partial charge in [0.1, 0.15) is 0 Å². The van der Waals surface area contributed by atoms with Crippen LogP contribution in [0.5, 0.6) is 11.5 Å². The third-order valence-corrected chi connectivity index (χ3v) is 5.65. The summed E-state index contributed by atoms with van der Waals surface area (Å²) in [5.74, 6) is 1.10. The largest absolute Gasteiger partial charge is 0.454 e. The van der Waals surface area contributed by atoms with Crippen molar-refractivity contribution in [2.24, 2.45) is 0 Å². The van der Waals surface area contributed by atoms with Crippen LogP contribution in [0.25, 0.3) is 0 Å². The Morgan fingerprint density at radius 2 is 1.70 bits per heavy atom. The molecule has 4 rings (SSSR count). The minimum atomic E-state index is -4.40. The van der Waals surface area contributed by atoms with Crippen LogP contribution in [0.15, 0.2) is 36.4 Å². The fourth-order valence-corrected chi connectivity index (χ4v) is 3.91. The number of fused-ring (bicyclic) bond motifs is 1. The van der Waals surface area contributed by atoms with E-state index in [1.165, 1.54) is 12.1 Å². The molecule has 0 N–H and O–H groups in total. The highest BCUT2D eigenvalue weighted by molar-refractivity contribution is 6.31. The van der Waals surface area contributed by atoms with Crippen molar-refractivity contribution < 1.29 is 27.4 Å². The Hall–Kier alpha value is -2.45. The van der Waals surface area contributed by atoms with Gasteiger partial charge in [0.25, 0.3) is 0 Å². The van der Waals surface area contributed by atoms with E-state index in [-0.39, 0.29) is 31.2 Å². The number of rotatable bonds is 4. The molecule has 2 aliphatic rings. The SMILES string of the molecule is O=C1CCN(Cc2ccccc2C(F)(F)F)CCN1Cc1cc2c(cc1Cl)OCO2. The van der Waals surface area contributed by atoms with Gasteiger partial charge in [-0.15, -0.1) is 0 Å². The normalized spacial score (nSPS) is 17.3. The Kier molecular flexibility index (Phi) is 5.79. The van der Waals surface area contributed by atoms with Gasteiger partial charge in [0.05, 0.1) is 5.56 Å². The van der Waals surface area contributed by atoms with Crippen molar-refractivity contribution in [1.82, 2.24) is 9.80 Å². The summed E-state index contributed by atoms with van der Waals surface area (Å²) in [6.45, 7) is 1.85. The van der Waals surface area contributed by atoms with Crippen molar-refractivity contribution in [3.8, 4) is 11.5 Å². The lowest BCUT2D eigenvalue weighted by molar-refractivity contribution is -0.138. The first-order valence-corrected chi connectivity index (χ1v) is 9.92. The van der Waals surface area contributed by atoms with E-state index < -0.39 is 11.7 Å². The topological polar surface area (TPSA) is 42.0 Å². The fraction of sp³-hybridized carbons (Fsp3) is 0.381. The van der Waals surface area contributed by atoms with Gasteiger partial charge in [0.2, 0.25) is 12.7 Å². The summed E-state index contributed by atoms with van der Waals surface area (Å²) >= 11 is 6.32. The molecule has 160 valence electrons. The first kappa shape index (κ1) is 20.8. The van der Waals surface area contributed by atoms with E-state index in [9.17, 15) is 18.0 Å². The third kappa shape index (κ3) is 4.49. The lowest BCUT2D eigenvalue weighted by Gasteiger charge is -2.23. The predicted molar refractivity (Wildman–Crippen MR) is 104 cm³/mol. The van der Waals surface area contributed by atoms with E-state index in [0.717, 1.165) is 11.6 Å². The molecular weight excluding hydrogens is 421 g/mol. The molecule has 2 heterocycles. The Morgan fingerprint density at radius 3 is 2.47 bits per heavy atom. The van der Waals surface area contributed by atoms with Crippen LogP contribution in [-0.4, -0.2) is 42.1 Å². The molecule has 5 nitrogen and oxygen atoms in total. The van der Waals surface area contributed by atoms with Gasteiger partial charge in [-0.1, -0.05) is 29.8 Å². The average molecular weight is 441 g/mol.